The molecule has 0 saturated heterocycles. The van der Waals surface area contributed by atoms with Gasteiger partial charge in [-0.1, -0.05) is 44.2 Å². The van der Waals surface area contributed by atoms with Crippen LogP contribution in [0.3, 0.4) is 0 Å². The summed E-state index contributed by atoms with van der Waals surface area (Å²) < 4.78 is 95.0. The highest BCUT2D eigenvalue weighted by Gasteiger charge is 2.76. The molecule has 1 aromatic carbocycles. The van der Waals surface area contributed by atoms with Gasteiger partial charge in [-0.05, 0) is 17.9 Å². The van der Waals surface area contributed by atoms with Crippen molar-refractivity contribution < 1.29 is 45.1 Å². The maximum atomic E-state index is 13.6. The van der Waals surface area contributed by atoms with Crippen LogP contribution in [0.25, 0.3) is 0 Å². The highest BCUT2D eigenvalue weighted by atomic mass is 19.4. The van der Waals surface area contributed by atoms with Crippen molar-refractivity contribution in [3.8, 4) is 0 Å². The monoisotopic (exact) mass is 431 g/mol. The summed E-state index contributed by atoms with van der Waals surface area (Å²) in [5.74, 6) is -16.8. The van der Waals surface area contributed by atoms with Crippen LogP contribution in [-0.2, 0) is 20.7 Å². The molecule has 0 saturated carbocycles. The lowest BCUT2D eigenvalue weighted by Crippen LogP contribution is -2.61. The van der Waals surface area contributed by atoms with Gasteiger partial charge in [0.2, 0.25) is 0 Å². The highest BCUT2D eigenvalue weighted by Crippen LogP contribution is 2.46. The number of halogens is 7. The summed E-state index contributed by atoms with van der Waals surface area (Å²) in [6, 6.07) is 5.64. The summed E-state index contributed by atoms with van der Waals surface area (Å²) in [6.45, 7) is 3.46. The van der Waals surface area contributed by atoms with Crippen molar-refractivity contribution in [2.24, 2.45) is 5.92 Å². The molecule has 1 atom stereocenters. The number of ether oxygens (including phenoxy) is 1. The van der Waals surface area contributed by atoms with Crippen molar-refractivity contribution in [1.29, 1.82) is 0 Å². The van der Waals surface area contributed by atoms with Crippen molar-refractivity contribution in [2.75, 3.05) is 6.61 Å². The van der Waals surface area contributed by atoms with Crippen LogP contribution in [0.2, 0.25) is 0 Å². The minimum Gasteiger partial charge on any atom is -0.464 e. The van der Waals surface area contributed by atoms with E-state index >= 15 is 0 Å². The summed E-state index contributed by atoms with van der Waals surface area (Å²) in [6.07, 6.45) is -6.72. The minimum absolute atomic E-state index is 0.111. The molecule has 0 aliphatic carbocycles. The first-order valence-corrected chi connectivity index (χ1v) is 8.54. The van der Waals surface area contributed by atoms with E-state index < -0.39 is 42.4 Å². The van der Waals surface area contributed by atoms with E-state index in [1.54, 1.807) is 19.9 Å². The van der Waals surface area contributed by atoms with Gasteiger partial charge in [-0.15, -0.1) is 0 Å². The van der Waals surface area contributed by atoms with Crippen LogP contribution in [0.5, 0.6) is 0 Å². The molecule has 0 aromatic heterocycles. The van der Waals surface area contributed by atoms with Crippen LogP contribution in [0.1, 0.15) is 25.8 Å². The standard InChI is InChI=1S/C18H20F7NO3/c1-11(2)8-9-29-14(27)13(10-12-6-4-3-5-7-12)26-15(28)16(19,20)17(21,22)18(23,24)25/h3-7,11,13H,8-10H2,1-2H3,(H,26,28)/t13-/m0/s1. The predicted octanol–water partition coefficient (Wildman–Crippen LogP) is 4.14. The topological polar surface area (TPSA) is 55.4 Å². The van der Waals surface area contributed by atoms with Gasteiger partial charge in [0.15, 0.2) is 0 Å². The molecule has 1 aromatic rings. The van der Waals surface area contributed by atoms with E-state index in [-0.39, 0.29) is 12.5 Å². The normalized spacial score (nSPS) is 13.9. The molecule has 0 aliphatic rings. The number of hydrogen-bond acceptors (Lipinski definition) is 3. The van der Waals surface area contributed by atoms with Gasteiger partial charge < -0.3 is 10.1 Å². The molecule has 0 bridgehead atoms. The maximum absolute atomic E-state index is 13.6. The lowest BCUT2D eigenvalue weighted by Gasteiger charge is -2.28. The van der Waals surface area contributed by atoms with Crippen LogP contribution in [0.4, 0.5) is 30.7 Å². The zero-order valence-electron chi connectivity index (χ0n) is 15.5. The predicted molar refractivity (Wildman–Crippen MR) is 88.4 cm³/mol. The second kappa shape index (κ2) is 9.45. The number of carbonyl (C=O) groups excluding carboxylic acids is 2. The van der Waals surface area contributed by atoms with E-state index in [1.165, 1.54) is 29.6 Å². The Morgan fingerprint density at radius 3 is 2.03 bits per heavy atom. The number of benzene rings is 1. The molecular weight excluding hydrogens is 411 g/mol. The number of hydrogen-bond donors (Lipinski definition) is 1. The molecular formula is C18H20F7NO3. The summed E-state index contributed by atoms with van der Waals surface area (Å²) >= 11 is 0. The van der Waals surface area contributed by atoms with E-state index in [0.29, 0.717) is 12.0 Å². The Balaban J connectivity index is 3.03. The Labute approximate surface area is 162 Å². The van der Waals surface area contributed by atoms with Crippen LogP contribution in [0, 0.1) is 5.92 Å². The first kappa shape index (κ1) is 24.7. The molecule has 0 heterocycles. The number of rotatable bonds is 9. The second-order valence-electron chi connectivity index (χ2n) is 6.71. The summed E-state index contributed by atoms with van der Waals surface area (Å²) in [4.78, 5) is 23.7. The number of alkyl halides is 7. The largest absolute Gasteiger partial charge is 0.464 e. The number of carbonyl (C=O) groups is 2. The van der Waals surface area contributed by atoms with Gasteiger partial charge in [-0.3, -0.25) is 4.79 Å². The van der Waals surface area contributed by atoms with Gasteiger partial charge in [-0.25, -0.2) is 4.79 Å². The lowest BCUT2D eigenvalue weighted by molar-refractivity contribution is -0.344. The third-order valence-corrected chi connectivity index (χ3v) is 3.85. The van der Waals surface area contributed by atoms with E-state index in [1.807, 2.05) is 0 Å². The third kappa shape index (κ3) is 6.33. The van der Waals surface area contributed by atoms with E-state index in [4.69, 9.17) is 4.74 Å². The van der Waals surface area contributed by atoms with E-state index in [2.05, 4.69) is 0 Å². The number of amides is 1. The van der Waals surface area contributed by atoms with Crippen molar-refractivity contribution in [2.45, 2.75) is 50.8 Å². The van der Waals surface area contributed by atoms with Crippen LogP contribution >= 0.6 is 0 Å². The number of esters is 1. The van der Waals surface area contributed by atoms with Crippen molar-refractivity contribution in [1.82, 2.24) is 5.32 Å². The van der Waals surface area contributed by atoms with Crippen LogP contribution < -0.4 is 5.32 Å². The van der Waals surface area contributed by atoms with Crippen molar-refractivity contribution in [3.05, 3.63) is 35.9 Å². The van der Waals surface area contributed by atoms with Gasteiger partial charge in [-0.2, -0.15) is 30.7 Å². The van der Waals surface area contributed by atoms with Gasteiger partial charge in [0, 0.05) is 6.42 Å². The first-order chi connectivity index (χ1) is 13.2. The smallest absolute Gasteiger partial charge is 0.460 e. The highest BCUT2D eigenvalue weighted by molar-refractivity contribution is 5.89. The lowest BCUT2D eigenvalue weighted by atomic mass is 10.0. The Hall–Kier alpha value is -2.33. The maximum Gasteiger partial charge on any atom is 0.460 e. The average Bonchev–Trinajstić information content (AvgIpc) is 2.60. The third-order valence-electron chi connectivity index (χ3n) is 3.85. The first-order valence-electron chi connectivity index (χ1n) is 8.54. The fourth-order valence-corrected chi connectivity index (χ4v) is 2.11. The molecule has 0 spiro atoms. The Morgan fingerprint density at radius 2 is 1.55 bits per heavy atom. The Morgan fingerprint density at radius 1 is 1.00 bits per heavy atom. The van der Waals surface area contributed by atoms with E-state index in [9.17, 15) is 40.3 Å². The molecule has 11 heteroatoms. The van der Waals surface area contributed by atoms with Gasteiger partial charge >= 0.3 is 24.0 Å². The zero-order valence-corrected chi connectivity index (χ0v) is 15.5. The van der Waals surface area contributed by atoms with E-state index in [0.717, 1.165) is 0 Å². The fourth-order valence-electron chi connectivity index (χ4n) is 2.11. The molecule has 164 valence electrons. The molecule has 0 aliphatic heterocycles. The van der Waals surface area contributed by atoms with Crippen LogP contribution in [-0.4, -0.2) is 42.5 Å². The average molecular weight is 431 g/mol. The Kier molecular flexibility index (Phi) is 8.05. The van der Waals surface area contributed by atoms with Gasteiger partial charge in [0.1, 0.15) is 6.04 Å². The van der Waals surface area contributed by atoms with Crippen molar-refractivity contribution >= 4 is 11.9 Å². The van der Waals surface area contributed by atoms with Crippen molar-refractivity contribution in [3.63, 3.8) is 0 Å². The molecule has 1 amide bonds. The molecule has 29 heavy (non-hydrogen) atoms. The SMILES string of the molecule is CC(C)CCOC(=O)[C@H](Cc1ccccc1)NC(=O)C(F)(F)C(F)(F)C(F)(F)F. The molecule has 0 unspecified atom stereocenters. The van der Waals surface area contributed by atoms with Gasteiger partial charge in [0.25, 0.3) is 5.91 Å². The fraction of sp³-hybridized carbons (Fsp3) is 0.556. The Bertz CT molecular complexity index is 690. The zero-order chi connectivity index (χ0) is 22.5. The quantitative estimate of drug-likeness (QED) is 0.473. The summed E-state index contributed by atoms with van der Waals surface area (Å²) in [7, 11) is 0. The molecule has 0 fully saturated rings. The van der Waals surface area contributed by atoms with Gasteiger partial charge in [0.05, 0.1) is 6.61 Å². The minimum atomic E-state index is -6.67. The number of nitrogens with one attached hydrogen (secondary N) is 1. The molecule has 0 radical (unpaired) electrons. The van der Waals surface area contributed by atoms with Crippen LogP contribution in [0.15, 0.2) is 30.3 Å². The molecule has 1 rings (SSSR count). The molecule has 1 N–H and O–H groups in total. The summed E-state index contributed by atoms with van der Waals surface area (Å²) in [5, 5.41) is 1.28. The second-order valence-corrected chi connectivity index (χ2v) is 6.71. The molecule has 4 nitrogen and oxygen atoms in total. The summed E-state index contributed by atoms with van der Waals surface area (Å²) in [5.41, 5.74) is 0.338.